The van der Waals surface area contributed by atoms with Crippen molar-refractivity contribution in [1.82, 2.24) is 25.4 Å². The summed E-state index contributed by atoms with van der Waals surface area (Å²) in [6, 6.07) is 14.5. The Morgan fingerprint density at radius 3 is 2.52 bits per heavy atom. The van der Waals surface area contributed by atoms with Crippen LogP contribution in [-0.4, -0.2) is 52.2 Å². The van der Waals surface area contributed by atoms with Crippen molar-refractivity contribution >= 4 is 23.7 Å². The van der Waals surface area contributed by atoms with E-state index in [4.69, 9.17) is 9.47 Å². The average Bonchev–Trinajstić information content (AvgIpc) is 3.23. The summed E-state index contributed by atoms with van der Waals surface area (Å²) in [6.07, 6.45) is 0. The third kappa shape index (κ3) is 6.04. The van der Waals surface area contributed by atoms with Gasteiger partial charge in [-0.2, -0.15) is 0 Å². The molecule has 0 spiro atoms. The normalized spacial score (nSPS) is 11.5. The molecule has 0 saturated carbocycles. The fourth-order valence-corrected chi connectivity index (χ4v) is 3.88. The van der Waals surface area contributed by atoms with Gasteiger partial charge in [0, 0.05) is 17.8 Å². The molecule has 2 aromatic carbocycles. The van der Waals surface area contributed by atoms with Gasteiger partial charge in [0.05, 0.1) is 19.0 Å². The Hall–Kier alpha value is -3.53. The van der Waals surface area contributed by atoms with E-state index in [-0.39, 0.29) is 0 Å². The highest BCUT2D eigenvalue weighted by Crippen LogP contribution is 2.32. The molecule has 0 aliphatic carbocycles. The van der Waals surface area contributed by atoms with E-state index >= 15 is 0 Å². The summed E-state index contributed by atoms with van der Waals surface area (Å²) < 4.78 is 12.8. The quantitative estimate of drug-likeness (QED) is 0.461. The highest BCUT2D eigenvalue weighted by atomic mass is 32.2. The molecule has 3 amide bonds. The van der Waals surface area contributed by atoms with Gasteiger partial charge in [0.15, 0.2) is 11.0 Å². The van der Waals surface area contributed by atoms with Crippen LogP contribution in [0.2, 0.25) is 0 Å². The SMILES string of the molecule is CCNC(=O)NC(=O)[C@H](C)Sc1nnc(-c2cccc(OC)c2)n1-c1ccc(OCC)cc1. The first kappa shape index (κ1) is 24.1. The number of carbonyl (C=O) groups excluding carboxylic acids is 2. The second-order valence-electron chi connectivity index (χ2n) is 6.91. The second kappa shape index (κ2) is 11.4. The molecule has 10 heteroatoms. The maximum Gasteiger partial charge on any atom is 0.321 e. The number of aromatic nitrogens is 3. The van der Waals surface area contributed by atoms with Crippen molar-refractivity contribution in [3.63, 3.8) is 0 Å². The van der Waals surface area contributed by atoms with Gasteiger partial charge in [0.25, 0.3) is 0 Å². The first-order valence-electron chi connectivity index (χ1n) is 10.5. The van der Waals surface area contributed by atoms with Gasteiger partial charge < -0.3 is 14.8 Å². The summed E-state index contributed by atoms with van der Waals surface area (Å²) in [5, 5.41) is 13.5. The van der Waals surface area contributed by atoms with Crippen LogP contribution in [0.1, 0.15) is 20.8 Å². The van der Waals surface area contributed by atoms with E-state index in [9.17, 15) is 9.59 Å². The summed E-state index contributed by atoms with van der Waals surface area (Å²) in [5.74, 6) is 1.62. The number of rotatable bonds is 9. The Morgan fingerprint density at radius 1 is 1.09 bits per heavy atom. The highest BCUT2D eigenvalue weighted by molar-refractivity contribution is 8.00. The van der Waals surface area contributed by atoms with Gasteiger partial charge in [-0.25, -0.2) is 4.79 Å². The standard InChI is InChI=1S/C23H27N5O4S/c1-5-24-22(30)25-21(29)15(3)33-23-27-26-20(16-8-7-9-19(14-16)31-4)28(23)17-10-12-18(13-11-17)32-6-2/h7-15H,5-6H2,1-4H3,(H2,24,25,29,30)/t15-/m0/s1. The maximum absolute atomic E-state index is 12.5. The van der Waals surface area contributed by atoms with E-state index in [2.05, 4.69) is 20.8 Å². The summed E-state index contributed by atoms with van der Waals surface area (Å²) in [6.45, 7) is 6.41. The Labute approximate surface area is 196 Å². The van der Waals surface area contributed by atoms with Crippen molar-refractivity contribution in [2.75, 3.05) is 20.3 Å². The lowest BCUT2D eigenvalue weighted by Crippen LogP contribution is -2.42. The number of hydrogen-bond acceptors (Lipinski definition) is 7. The number of ether oxygens (including phenoxy) is 2. The lowest BCUT2D eigenvalue weighted by molar-refractivity contribution is -0.119. The van der Waals surface area contributed by atoms with E-state index < -0.39 is 17.2 Å². The number of thioether (sulfide) groups is 1. The molecule has 3 rings (SSSR count). The molecule has 0 unspecified atom stereocenters. The first-order chi connectivity index (χ1) is 16.0. The van der Waals surface area contributed by atoms with Crippen LogP contribution in [0.15, 0.2) is 53.7 Å². The largest absolute Gasteiger partial charge is 0.497 e. The molecule has 1 atom stereocenters. The summed E-state index contributed by atoms with van der Waals surface area (Å²) in [4.78, 5) is 24.2. The third-order valence-corrected chi connectivity index (χ3v) is 5.64. The number of benzene rings is 2. The van der Waals surface area contributed by atoms with Crippen molar-refractivity contribution in [2.24, 2.45) is 0 Å². The molecule has 0 fully saturated rings. The molecule has 2 N–H and O–H groups in total. The molecular weight excluding hydrogens is 442 g/mol. The van der Waals surface area contributed by atoms with Crippen molar-refractivity contribution in [3.05, 3.63) is 48.5 Å². The molecule has 1 aromatic heterocycles. The number of nitrogens with zero attached hydrogens (tertiary/aromatic N) is 3. The summed E-state index contributed by atoms with van der Waals surface area (Å²) >= 11 is 1.21. The molecule has 174 valence electrons. The van der Waals surface area contributed by atoms with E-state index in [1.54, 1.807) is 21.0 Å². The fourth-order valence-electron chi connectivity index (χ4n) is 3.02. The maximum atomic E-state index is 12.5. The van der Waals surface area contributed by atoms with Crippen molar-refractivity contribution in [2.45, 2.75) is 31.2 Å². The molecule has 0 bridgehead atoms. The molecule has 1 heterocycles. The number of imide groups is 1. The number of hydrogen-bond donors (Lipinski definition) is 2. The smallest absolute Gasteiger partial charge is 0.321 e. The van der Waals surface area contributed by atoms with Gasteiger partial charge >= 0.3 is 6.03 Å². The average molecular weight is 470 g/mol. The molecule has 9 nitrogen and oxygen atoms in total. The van der Waals surface area contributed by atoms with Crippen LogP contribution in [0, 0.1) is 0 Å². The highest BCUT2D eigenvalue weighted by Gasteiger charge is 2.23. The van der Waals surface area contributed by atoms with E-state index in [0.717, 1.165) is 17.0 Å². The Bertz CT molecular complexity index is 1100. The molecule has 0 aliphatic heterocycles. The van der Waals surface area contributed by atoms with Crippen molar-refractivity contribution in [3.8, 4) is 28.6 Å². The van der Waals surface area contributed by atoms with Gasteiger partial charge in [0.1, 0.15) is 11.5 Å². The minimum atomic E-state index is -0.587. The number of nitrogens with one attached hydrogen (secondary N) is 2. The van der Waals surface area contributed by atoms with Gasteiger partial charge in [-0.1, -0.05) is 23.9 Å². The number of urea groups is 1. The van der Waals surface area contributed by atoms with Gasteiger partial charge in [-0.05, 0) is 57.2 Å². The number of methoxy groups -OCH3 is 1. The van der Waals surface area contributed by atoms with Crippen LogP contribution < -0.4 is 20.1 Å². The predicted octanol–water partition coefficient (Wildman–Crippen LogP) is 3.67. The van der Waals surface area contributed by atoms with Crippen LogP contribution in [0.5, 0.6) is 11.5 Å². The van der Waals surface area contributed by atoms with E-state index in [0.29, 0.717) is 29.9 Å². The number of carbonyl (C=O) groups is 2. The van der Waals surface area contributed by atoms with Crippen molar-refractivity contribution in [1.29, 1.82) is 0 Å². The molecule has 0 radical (unpaired) electrons. The zero-order chi connectivity index (χ0) is 23.8. The fraction of sp³-hybridized carbons (Fsp3) is 0.304. The Kier molecular flexibility index (Phi) is 8.31. The second-order valence-corrected chi connectivity index (χ2v) is 8.22. The monoisotopic (exact) mass is 469 g/mol. The van der Waals surface area contributed by atoms with Crippen LogP contribution in [0.3, 0.4) is 0 Å². The minimum Gasteiger partial charge on any atom is -0.497 e. The first-order valence-corrected chi connectivity index (χ1v) is 11.4. The lowest BCUT2D eigenvalue weighted by atomic mass is 10.2. The zero-order valence-electron chi connectivity index (χ0n) is 19.0. The minimum absolute atomic E-state index is 0.421. The van der Waals surface area contributed by atoms with Gasteiger partial charge in [-0.3, -0.25) is 14.7 Å². The predicted molar refractivity (Wildman–Crippen MR) is 127 cm³/mol. The topological polar surface area (TPSA) is 107 Å². The van der Waals surface area contributed by atoms with Crippen LogP contribution in [0.25, 0.3) is 17.1 Å². The Morgan fingerprint density at radius 2 is 1.85 bits per heavy atom. The number of amides is 3. The molecule has 3 aromatic rings. The van der Waals surface area contributed by atoms with Gasteiger partial charge in [-0.15, -0.1) is 10.2 Å². The Balaban J connectivity index is 1.97. The summed E-state index contributed by atoms with van der Waals surface area (Å²) in [5.41, 5.74) is 1.61. The molecule has 33 heavy (non-hydrogen) atoms. The lowest BCUT2D eigenvalue weighted by Gasteiger charge is -2.14. The molecular formula is C23H27N5O4S. The van der Waals surface area contributed by atoms with E-state index in [1.165, 1.54) is 11.8 Å². The van der Waals surface area contributed by atoms with Crippen LogP contribution in [-0.2, 0) is 4.79 Å². The van der Waals surface area contributed by atoms with Crippen LogP contribution in [0.4, 0.5) is 4.79 Å². The molecule has 0 saturated heterocycles. The van der Waals surface area contributed by atoms with Crippen molar-refractivity contribution < 1.29 is 19.1 Å². The zero-order valence-corrected chi connectivity index (χ0v) is 19.8. The molecule has 0 aliphatic rings. The van der Waals surface area contributed by atoms with Gasteiger partial charge in [0.2, 0.25) is 5.91 Å². The summed E-state index contributed by atoms with van der Waals surface area (Å²) in [7, 11) is 1.60. The van der Waals surface area contributed by atoms with Crippen LogP contribution >= 0.6 is 11.8 Å². The third-order valence-electron chi connectivity index (χ3n) is 4.59. The van der Waals surface area contributed by atoms with E-state index in [1.807, 2.05) is 60.0 Å².